The summed E-state index contributed by atoms with van der Waals surface area (Å²) in [5, 5.41) is 0.550. The number of thiol groups is 1. The molecule has 2 bridgehead atoms. The van der Waals surface area contributed by atoms with Crippen molar-refractivity contribution in [2.45, 2.75) is 36.7 Å². The van der Waals surface area contributed by atoms with E-state index in [-0.39, 0.29) is 0 Å². The van der Waals surface area contributed by atoms with Crippen LogP contribution in [0.5, 0.6) is 0 Å². The minimum atomic E-state index is 0.503. The molecule has 0 N–H and O–H groups in total. The summed E-state index contributed by atoms with van der Waals surface area (Å²) in [4.78, 5) is 0. The zero-order valence-electron chi connectivity index (χ0n) is 4.71. The Labute approximate surface area is 54.8 Å². The molecule has 8 heavy (non-hydrogen) atoms. The van der Waals surface area contributed by atoms with Crippen molar-refractivity contribution < 1.29 is 4.74 Å². The third kappa shape index (κ3) is 0.594. The van der Waals surface area contributed by atoms with Crippen LogP contribution in [0.15, 0.2) is 0 Å². The molecule has 0 aliphatic carbocycles. The van der Waals surface area contributed by atoms with Gasteiger partial charge in [0.2, 0.25) is 0 Å². The van der Waals surface area contributed by atoms with E-state index < -0.39 is 0 Å². The summed E-state index contributed by atoms with van der Waals surface area (Å²) < 4.78 is 5.51. The highest BCUT2D eigenvalue weighted by Crippen LogP contribution is 2.36. The van der Waals surface area contributed by atoms with Crippen molar-refractivity contribution >= 4 is 12.6 Å². The van der Waals surface area contributed by atoms with E-state index in [2.05, 4.69) is 12.6 Å². The average Bonchev–Trinajstić information content (AvgIpc) is 2.23. The highest BCUT2D eigenvalue weighted by atomic mass is 32.1. The van der Waals surface area contributed by atoms with E-state index in [4.69, 9.17) is 4.74 Å². The van der Waals surface area contributed by atoms with Gasteiger partial charge in [0, 0.05) is 5.25 Å². The molecule has 3 atom stereocenters. The number of hydrogen-bond donors (Lipinski definition) is 1. The molecule has 2 heterocycles. The molecular weight excluding hydrogens is 120 g/mol. The topological polar surface area (TPSA) is 9.23 Å². The first kappa shape index (κ1) is 5.12. The van der Waals surface area contributed by atoms with Gasteiger partial charge in [-0.15, -0.1) is 0 Å². The van der Waals surface area contributed by atoms with Crippen molar-refractivity contribution in [3.8, 4) is 0 Å². The van der Waals surface area contributed by atoms with E-state index in [1.807, 2.05) is 0 Å². The average molecular weight is 130 g/mol. The molecule has 2 fully saturated rings. The Morgan fingerprint density at radius 3 is 2.50 bits per heavy atom. The predicted octanol–water partition coefficient (Wildman–Crippen LogP) is 1.24. The Morgan fingerprint density at radius 1 is 1.38 bits per heavy atom. The summed E-state index contributed by atoms with van der Waals surface area (Å²) in [5.74, 6) is 0. The molecule has 3 unspecified atom stereocenters. The van der Waals surface area contributed by atoms with Crippen LogP contribution in [0.25, 0.3) is 0 Å². The molecule has 0 aromatic carbocycles. The van der Waals surface area contributed by atoms with E-state index in [9.17, 15) is 0 Å². The number of hydrogen-bond acceptors (Lipinski definition) is 2. The summed E-state index contributed by atoms with van der Waals surface area (Å²) in [7, 11) is 0. The first-order chi connectivity index (χ1) is 3.86. The molecule has 2 rings (SSSR count). The predicted molar refractivity (Wildman–Crippen MR) is 35.3 cm³/mol. The van der Waals surface area contributed by atoms with Gasteiger partial charge in [0.25, 0.3) is 0 Å². The molecule has 0 saturated carbocycles. The van der Waals surface area contributed by atoms with Crippen LogP contribution in [0.4, 0.5) is 0 Å². The van der Waals surface area contributed by atoms with Gasteiger partial charge in [-0.25, -0.2) is 0 Å². The van der Waals surface area contributed by atoms with Crippen LogP contribution in [-0.4, -0.2) is 17.5 Å². The summed E-state index contributed by atoms with van der Waals surface area (Å²) in [6, 6.07) is 0. The Hall–Kier alpha value is 0.310. The number of rotatable bonds is 0. The first-order valence-electron chi connectivity index (χ1n) is 3.20. The first-order valence-corrected chi connectivity index (χ1v) is 3.71. The van der Waals surface area contributed by atoms with Crippen LogP contribution in [-0.2, 0) is 4.74 Å². The van der Waals surface area contributed by atoms with Crippen LogP contribution >= 0.6 is 12.6 Å². The van der Waals surface area contributed by atoms with Gasteiger partial charge in [0.05, 0.1) is 12.2 Å². The molecule has 0 radical (unpaired) electrons. The molecular formula is C6H10OS. The normalized spacial score (nSPS) is 52.9. The zero-order valence-corrected chi connectivity index (χ0v) is 5.60. The second-order valence-corrected chi connectivity index (χ2v) is 3.34. The Morgan fingerprint density at radius 2 is 2.25 bits per heavy atom. The molecule has 2 aliphatic rings. The second kappa shape index (κ2) is 1.64. The lowest BCUT2D eigenvalue weighted by atomic mass is 10.0. The van der Waals surface area contributed by atoms with Crippen molar-refractivity contribution in [1.82, 2.24) is 0 Å². The fraction of sp³-hybridized carbons (Fsp3) is 1.00. The Kier molecular flexibility index (Phi) is 1.05. The quantitative estimate of drug-likeness (QED) is 0.485. The Balaban J connectivity index is 2.11. The lowest BCUT2D eigenvalue weighted by molar-refractivity contribution is 0.106. The van der Waals surface area contributed by atoms with Gasteiger partial charge in [-0.2, -0.15) is 12.6 Å². The highest BCUT2D eigenvalue weighted by molar-refractivity contribution is 7.81. The maximum Gasteiger partial charge on any atom is 0.0696 e. The minimum absolute atomic E-state index is 0.503. The van der Waals surface area contributed by atoms with Crippen molar-refractivity contribution in [2.75, 3.05) is 0 Å². The number of ether oxygens (including phenoxy) is 1. The molecule has 2 heteroatoms. The van der Waals surface area contributed by atoms with Crippen molar-refractivity contribution in [3.05, 3.63) is 0 Å². The molecule has 0 aromatic rings. The summed E-state index contributed by atoms with van der Waals surface area (Å²) in [6.07, 6.45) is 4.79. The van der Waals surface area contributed by atoms with Gasteiger partial charge in [0.15, 0.2) is 0 Å². The summed E-state index contributed by atoms with van der Waals surface area (Å²) in [5.41, 5.74) is 0. The van der Waals surface area contributed by atoms with E-state index in [1.165, 1.54) is 19.3 Å². The van der Waals surface area contributed by atoms with Crippen molar-refractivity contribution in [2.24, 2.45) is 0 Å². The molecule has 0 amide bonds. The smallest absolute Gasteiger partial charge is 0.0696 e. The molecule has 2 saturated heterocycles. The fourth-order valence-electron chi connectivity index (χ4n) is 1.61. The van der Waals surface area contributed by atoms with E-state index in [0.29, 0.717) is 17.5 Å². The standard InChI is InChI=1S/C6H10OS/c8-6-3-4-1-2-5(6)7-4/h4-6,8H,1-3H2. The van der Waals surface area contributed by atoms with Gasteiger partial charge in [-0.05, 0) is 19.3 Å². The van der Waals surface area contributed by atoms with Gasteiger partial charge in [-0.3, -0.25) is 0 Å². The van der Waals surface area contributed by atoms with Crippen LogP contribution in [0.3, 0.4) is 0 Å². The zero-order chi connectivity index (χ0) is 5.56. The van der Waals surface area contributed by atoms with Crippen LogP contribution in [0.1, 0.15) is 19.3 Å². The van der Waals surface area contributed by atoms with Crippen molar-refractivity contribution in [3.63, 3.8) is 0 Å². The third-order valence-electron chi connectivity index (χ3n) is 2.07. The lowest BCUT2D eigenvalue weighted by Gasteiger charge is -2.10. The minimum Gasteiger partial charge on any atom is -0.374 e. The maximum absolute atomic E-state index is 5.51. The molecule has 1 nitrogen and oxygen atoms in total. The van der Waals surface area contributed by atoms with Crippen LogP contribution in [0.2, 0.25) is 0 Å². The van der Waals surface area contributed by atoms with Gasteiger partial charge in [0.1, 0.15) is 0 Å². The van der Waals surface area contributed by atoms with Gasteiger partial charge in [-0.1, -0.05) is 0 Å². The monoisotopic (exact) mass is 130 g/mol. The highest BCUT2D eigenvalue weighted by Gasteiger charge is 2.38. The largest absolute Gasteiger partial charge is 0.374 e. The maximum atomic E-state index is 5.51. The number of fused-ring (bicyclic) bond motifs is 2. The molecule has 46 valence electrons. The van der Waals surface area contributed by atoms with E-state index in [0.717, 1.165) is 0 Å². The van der Waals surface area contributed by atoms with Crippen LogP contribution in [0, 0.1) is 0 Å². The Bertz CT molecular complexity index is 103. The van der Waals surface area contributed by atoms with Crippen LogP contribution < -0.4 is 0 Å². The molecule has 2 aliphatic heterocycles. The van der Waals surface area contributed by atoms with Gasteiger partial charge >= 0.3 is 0 Å². The summed E-state index contributed by atoms with van der Waals surface area (Å²) in [6.45, 7) is 0. The molecule has 0 aromatic heterocycles. The second-order valence-electron chi connectivity index (χ2n) is 2.68. The molecule has 0 spiro atoms. The fourth-order valence-corrected chi connectivity index (χ4v) is 2.07. The van der Waals surface area contributed by atoms with Crippen molar-refractivity contribution in [1.29, 1.82) is 0 Å². The van der Waals surface area contributed by atoms with E-state index in [1.54, 1.807) is 0 Å². The lowest BCUT2D eigenvalue weighted by Crippen LogP contribution is -2.15. The SMILES string of the molecule is SC1CC2CCC1O2. The van der Waals surface area contributed by atoms with E-state index >= 15 is 0 Å². The van der Waals surface area contributed by atoms with Gasteiger partial charge < -0.3 is 4.74 Å². The third-order valence-corrected chi connectivity index (χ3v) is 2.62. The summed E-state index contributed by atoms with van der Waals surface area (Å²) >= 11 is 4.37.